The molecule has 0 saturated carbocycles. The zero-order valence-electron chi connectivity index (χ0n) is 27.3. The summed E-state index contributed by atoms with van der Waals surface area (Å²) in [6.07, 6.45) is 6.55. The van der Waals surface area contributed by atoms with Crippen LogP contribution in [0, 0.1) is 41.5 Å². The molecule has 0 fully saturated rings. The van der Waals surface area contributed by atoms with Crippen molar-refractivity contribution < 1.29 is 0 Å². The first-order chi connectivity index (χ1) is 21.8. The third-order valence-electron chi connectivity index (χ3n) is 8.09. The molecule has 226 valence electrons. The first-order valence-corrected chi connectivity index (χ1v) is 17.4. The van der Waals surface area contributed by atoms with Crippen molar-refractivity contribution in [1.82, 2.24) is 5.20 Å². The summed E-state index contributed by atoms with van der Waals surface area (Å²) in [5.74, 6) is 2.38. The molecule has 0 spiro atoms. The van der Waals surface area contributed by atoms with Gasteiger partial charge in [0.1, 0.15) is 10.6 Å². The number of hydrogen-bond donors (Lipinski definition) is 1. The van der Waals surface area contributed by atoms with Gasteiger partial charge in [-0.05, 0) is 97.3 Å². The highest BCUT2D eigenvalue weighted by atomic mass is 31.2. The Kier molecular flexibility index (Phi) is 10.2. The predicted molar refractivity (Wildman–Crippen MR) is 196 cm³/mol. The first-order valence-electron chi connectivity index (χ1n) is 15.5. The van der Waals surface area contributed by atoms with Gasteiger partial charge < -0.3 is 0 Å². The fourth-order valence-corrected chi connectivity index (χ4v) is 10.3. The number of nitrogens with one attached hydrogen (secondary N) is 1. The number of aryl methyl sites for hydroxylation is 6. The standard InChI is InChI=1S/C41H43N3P/c1-30-25-32(3)40(33(4)26-30)45(24-23-37-17-11-8-12-18-37,41-34(5)27-31(2)28-35(41)6)44-43-42-29-39-20-14-13-19-38(39)22-21-36-15-9-7-10-16-36/h7-28H,29H2,1-6H3,(H,42,44)/q+1/b22-21+,24-23+. The second kappa shape index (κ2) is 14.5. The number of nitrogens with zero attached hydrogens (tertiary/aromatic N) is 2. The molecule has 3 nitrogen and oxygen atoms in total. The Hall–Kier alpha value is -4.59. The minimum Gasteiger partial charge on any atom is -0.163 e. The van der Waals surface area contributed by atoms with Crippen molar-refractivity contribution >= 4 is 36.3 Å². The van der Waals surface area contributed by atoms with E-state index in [0.717, 1.165) is 16.7 Å². The van der Waals surface area contributed by atoms with Crippen LogP contribution in [-0.4, -0.2) is 0 Å². The molecule has 5 aromatic rings. The summed E-state index contributed by atoms with van der Waals surface area (Å²) in [6, 6.07) is 38.5. The Morgan fingerprint density at radius 1 is 0.556 bits per heavy atom. The van der Waals surface area contributed by atoms with Crippen molar-refractivity contribution in [2.24, 2.45) is 10.3 Å². The van der Waals surface area contributed by atoms with Gasteiger partial charge in [-0.2, -0.15) is 10.3 Å². The maximum absolute atomic E-state index is 4.82. The Morgan fingerprint density at radius 3 is 1.56 bits per heavy atom. The van der Waals surface area contributed by atoms with Gasteiger partial charge in [0.05, 0.1) is 12.4 Å². The molecule has 0 unspecified atom stereocenters. The molecule has 0 bridgehead atoms. The molecule has 0 amide bonds. The highest BCUT2D eigenvalue weighted by Crippen LogP contribution is 2.57. The summed E-state index contributed by atoms with van der Waals surface area (Å²) in [5.41, 5.74) is 12.2. The van der Waals surface area contributed by atoms with Crippen molar-refractivity contribution in [3.05, 3.63) is 171 Å². The van der Waals surface area contributed by atoms with E-state index in [1.165, 1.54) is 49.6 Å². The fraction of sp³-hybridized carbons (Fsp3) is 0.171. The summed E-state index contributed by atoms with van der Waals surface area (Å²) in [5, 5.41) is 16.0. The lowest BCUT2D eigenvalue weighted by molar-refractivity contribution is 0.843. The predicted octanol–water partition coefficient (Wildman–Crippen LogP) is 10.4. The van der Waals surface area contributed by atoms with Crippen LogP contribution in [0.3, 0.4) is 0 Å². The smallest absolute Gasteiger partial charge is 0.163 e. The molecule has 5 aromatic carbocycles. The number of benzene rings is 5. The first kappa shape index (κ1) is 31.8. The van der Waals surface area contributed by atoms with Crippen molar-refractivity contribution in [3.63, 3.8) is 0 Å². The van der Waals surface area contributed by atoms with Crippen LogP contribution in [0.4, 0.5) is 0 Å². The van der Waals surface area contributed by atoms with Crippen molar-refractivity contribution in [2.75, 3.05) is 0 Å². The van der Waals surface area contributed by atoms with Crippen LogP contribution < -0.4 is 15.8 Å². The van der Waals surface area contributed by atoms with Gasteiger partial charge in [0.25, 0.3) is 0 Å². The van der Waals surface area contributed by atoms with Gasteiger partial charge in [-0.1, -0.05) is 132 Å². The summed E-state index contributed by atoms with van der Waals surface area (Å²) in [7, 11) is -2.45. The maximum Gasteiger partial charge on any atom is 0.214 e. The lowest BCUT2D eigenvalue weighted by atomic mass is 10.1. The molecule has 0 aliphatic carbocycles. The third kappa shape index (κ3) is 7.56. The van der Waals surface area contributed by atoms with Gasteiger partial charge in [0.2, 0.25) is 7.41 Å². The van der Waals surface area contributed by atoms with Gasteiger partial charge in [-0.15, -0.1) is 0 Å². The highest BCUT2D eigenvalue weighted by Gasteiger charge is 2.47. The van der Waals surface area contributed by atoms with Gasteiger partial charge in [-0.3, -0.25) is 0 Å². The summed E-state index contributed by atoms with van der Waals surface area (Å²) >= 11 is 0. The second-order valence-corrected chi connectivity index (χ2v) is 14.7. The van der Waals surface area contributed by atoms with Crippen molar-refractivity contribution in [3.8, 4) is 0 Å². The summed E-state index contributed by atoms with van der Waals surface area (Å²) in [6.45, 7) is 13.7. The minimum atomic E-state index is -2.45. The van der Waals surface area contributed by atoms with E-state index in [0.29, 0.717) is 6.54 Å². The van der Waals surface area contributed by atoms with E-state index in [1.807, 2.05) is 6.07 Å². The van der Waals surface area contributed by atoms with E-state index in [9.17, 15) is 0 Å². The molecule has 4 heteroatoms. The Labute approximate surface area is 269 Å². The monoisotopic (exact) mass is 608 g/mol. The summed E-state index contributed by atoms with van der Waals surface area (Å²) in [4.78, 5) is 0. The van der Waals surface area contributed by atoms with Gasteiger partial charge in [0.15, 0.2) is 0 Å². The normalized spacial score (nSPS) is 12.0. The third-order valence-corrected chi connectivity index (χ3v) is 11.9. The topological polar surface area (TPSA) is 36.8 Å². The number of rotatable bonds is 10. The van der Waals surface area contributed by atoms with E-state index in [-0.39, 0.29) is 0 Å². The second-order valence-electron chi connectivity index (χ2n) is 11.9. The van der Waals surface area contributed by atoms with Crippen LogP contribution in [0.25, 0.3) is 18.2 Å². The molecule has 0 heterocycles. The van der Waals surface area contributed by atoms with Crippen molar-refractivity contribution in [1.29, 1.82) is 0 Å². The van der Waals surface area contributed by atoms with E-state index in [1.54, 1.807) is 0 Å². The molecule has 0 aromatic heterocycles. The summed E-state index contributed by atoms with van der Waals surface area (Å²) < 4.78 is 0. The lowest BCUT2D eigenvalue weighted by Crippen LogP contribution is -2.35. The molecule has 45 heavy (non-hydrogen) atoms. The van der Waals surface area contributed by atoms with Crippen LogP contribution in [-0.2, 0) is 6.54 Å². The average Bonchev–Trinajstić information content (AvgIpc) is 3.01. The molecule has 0 saturated heterocycles. The molecule has 0 aliphatic heterocycles. The van der Waals surface area contributed by atoms with E-state index in [2.05, 4.69) is 174 Å². The number of hydrogen-bond acceptors (Lipinski definition) is 2. The SMILES string of the molecule is Cc1cc(C)c([P+](/C=C/c2ccccc2)(NN=NCc2ccccc2/C=C/c2ccccc2)c2c(C)cc(C)cc2C)c(C)c1. The fourth-order valence-electron chi connectivity index (χ4n) is 6.42. The molecular weight excluding hydrogens is 565 g/mol. The Balaban J connectivity index is 1.60. The maximum atomic E-state index is 4.82. The van der Waals surface area contributed by atoms with Crippen LogP contribution in [0.15, 0.2) is 125 Å². The highest BCUT2D eigenvalue weighted by molar-refractivity contribution is 7.90. The Bertz CT molecular complexity index is 1750. The van der Waals surface area contributed by atoms with E-state index >= 15 is 0 Å². The quantitative estimate of drug-likeness (QED) is 0.0728. The van der Waals surface area contributed by atoms with Crippen molar-refractivity contribution in [2.45, 2.75) is 48.1 Å². The molecular formula is C41H43N3P+. The molecule has 0 aliphatic rings. The lowest BCUT2D eigenvalue weighted by Gasteiger charge is -2.28. The van der Waals surface area contributed by atoms with Gasteiger partial charge in [0, 0.05) is 0 Å². The average molecular weight is 609 g/mol. The van der Waals surface area contributed by atoms with Crippen LogP contribution >= 0.6 is 7.41 Å². The van der Waals surface area contributed by atoms with E-state index in [4.69, 9.17) is 10.3 Å². The molecule has 0 atom stereocenters. The van der Waals surface area contributed by atoms with Gasteiger partial charge >= 0.3 is 0 Å². The van der Waals surface area contributed by atoms with Gasteiger partial charge in [-0.25, -0.2) is 0 Å². The molecule has 0 radical (unpaired) electrons. The molecule has 5 rings (SSSR count). The van der Waals surface area contributed by atoms with Crippen LogP contribution in [0.5, 0.6) is 0 Å². The molecule has 1 N–H and O–H groups in total. The minimum absolute atomic E-state index is 0.475. The zero-order valence-corrected chi connectivity index (χ0v) is 28.1. The van der Waals surface area contributed by atoms with E-state index < -0.39 is 7.41 Å². The van der Waals surface area contributed by atoms with Crippen LogP contribution in [0.2, 0.25) is 0 Å². The largest absolute Gasteiger partial charge is 0.214 e. The Morgan fingerprint density at radius 2 is 1.02 bits per heavy atom. The van der Waals surface area contributed by atoms with Crippen LogP contribution in [0.1, 0.15) is 55.6 Å². The zero-order chi connectivity index (χ0) is 31.8.